The van der Waals surface area contributed by atoms with E-state index in [1.165, 1.54) is 26.5 Å². The van der Waals surface area contributed by atoms with Crippen molar-refractivity contribution in [3.8, 4) is 0 Å². The Hall–Kier alpha value is -1.82. The second kappa shape index (κ2) is 8.61. The number of piperidine rings is 1. The lowest BCUT2D eigenvalue weighted by Crippen LogP contribution is -2.44. The Kier molecular flexibility index (Phi) is 6.21. The zero-order valence-corrected chi connectivity index (χ0v) is 19.7. The summed E-state index contributed by atoms with van der Waals surface area (Å²) in [5.41, 5.74) is -0.493. The summed E-state index contributed by atoms with van der Waals surface area (Å²) in [5, 5.41) is 0.0886. The van der Waals surface area contributed by atoms with Gasteiger partial charge in [-0.1, -0.05) is 13.8 Å². The van der Waals surface area contributed by atoms with E-state index in [9.17, 15) is 18.0 Å². The fourth-order valence-corrected chi connectivity index (χ4v) is 7.87. The first-order chi connectivity index (χ1) is 14.7. The summed E-state index contributed by atoms with van der Waals surface area (Å²) in [6.07, 6.45) is 2.31. The monoisotopic (exact) mass is 468 g/mol. The lowest BCUT2D eigenvalue weighted by atomic mass is 9.94. The van der Waals surface area contributed by atoms with Crippen molar-refractivity contribution < 1.29 is 17.9 Å². The van der Waals surface area contributed by atoms with Crippen LogP contribution in [0.1, 0.15) is 25.1 Å². The van der Waals surface area contributed by atoms with Gasteiger partial charge in [-0.05, 0) is 25.2 Å². The number of aromatic nitrogens is 2. The number of ether oxygens (including phenoxy) is 1. The maximum Gasteiger partial charge on any atom is 0.263 e. The van der Waals surface area contributed by atoms with E-state index >= 15 is 0 Å². The average molecular weight is 469 g/mol. The standard InChI is InChI=1S/C20H28N4O5S2/c1-13-8-14(2)10-24(9-13)31(27,28)18-15(3)30-19-17(18)20(26)23(12-21-19)11-16(25)22-4-6-29-7-5-22/h12-14H,4-11H2,1-3H3/t13-,14+. The van der Waals surface area contributed by atoms with Crippen molar-refractivity contribution in [2.24, 2.45) is 11.8 Å². The lowest BCUT2D eigenvalue weighted by Gasteiger charge is -2.34. The maximum absolute atomic E-state index is 13.6. The molecule has 1 amide bonds. The quantitative estimate of drug-likeness (QED) is 0.670. The summed E-state index contributed by atoms with van der Waals surface area (Å²) in [4.78, 5) is 32.8. The van der Waals surface area contributed by atoms with Crippen LogP contribution in [0.25, 0.3) is 10.2 Å². The van der Waals surface area contributed by atoms with Crippen molar-refractivity contribution in [1.82, 2.24) is 18.8 Å². The van der Waals surface area contributed by atoms with Gasteiger partial charge in [-0.3, -0.25) is 14.2 Å². The Morgan fingerprint density at radius 1 is 1.23 bits per heavy atom. The molecule has 11 heteroatoms. The minimum atomic E-state index is -3.85. The highest BCUT2D eigenvalue weighted by atomic mass is 32.2. The molecule has 9 nitrogen and oxygen atoms in total. The molecule has 4 heterocycles. The predicted molar refractivity (Wildman–Crippen MR) is 118 cm³/mol. The molecule has 0 spiro atoms. The van der Waals surface area contributed by atoms with E-state index in [-0.39, 0.29) is 34.6 Å². The summed E-state index contributed by atoms with van der Waals surface area (Å²) < 4.78 is 35.1. The summed E-state index contributed by atoms with van der Waals surface area (Å²) >= 11 is 1.20. The number of hydrogen-bond acceptors (Lipinski definition) is 7. The van der Waals surface area contributed by atoms with Crippen LogP contribution in [-0.2, 0) is 26.1 Å². The number of hydrogen-bond donors (Lipinski definition) is 0. The number of amides is 1. The number of nitrogens with zero attached hydrogens (tertiary/aromatic N) is 4. The molecule has 170 valence electrons. The Balaban J connectivity index is 1.73. The zero-order chi connectivity index (χ0) is 22.3. The van der Waals surface area contributed by atoms with E-state index in [2.05, 4.69) is 4.98 Å². The van der Waals surface area contributed by atoms with Crippen LogP contribution >= 0.6 is 11.3 Å². The van der Waals surface area contributed by atoms with E-state index in [0.29, 0.717) is 49.1 Å². The summed E-state index contributed by atoms with van der Waals surface area (Å²) in [6, 6.07) is 0. The van der Waals surface area contributed by atoms with E-state index in [0.717, 1.165) is 6.42 Å². The van der Waals surface area contributed by atoms with Crippen LogP contribution in [-0.4, -0.2) is 72.5 Å². The van der Waals surface area contributed by atoms with Crippen molar-refractivity contribution in [3.05, 3.63) is 21.6 Å². The van der Waals surface area contributed by atoms with Gasteiger partial charge in [0.25, 0.3) is 5.56 Å². The molecule has 31 heavy (non-hydrogen) atoms. The minimum absolute atomic E-state index is 0.0412. The van der Waals surface area contributed by atoms with Gasteiger partial charge in [0.2, 0.25) is 15.9 Å². The third-order valence-electron chi connectivity index (χ3n) is 5.90. The van der Waals surface area contributed by atoms with E-state index in [1.54, 1.807) is 11.8 Å². The highest BCUT2D eigenvalue weighted by molar-refractivity contribution is 7.89. The molecule has 0 aliphatic carbocycles. The number of thiophene rings is 1. The molecule has 0 bridgehead atoms. The van der Waals surface area contributed by atoms with Crippen molar-refractivity contribution >= 4 is 37.5 Å². The average Bonchev–Trinajstić information content (AvgIpc) is 3.07. The van der Waals surface area contributed by atoms with Crippen LogP contribution in [0.15, 0.2) is 16.0 Å². The molecule has 2 aliphatic heterocycles. The van der Waals surface area contributed by atoms with Gasteiger partial charge in [0.1, 0.15) is 16.3 Å². The van der Waals surface area contributed by atoms with Crippen molar-refractivity contribution in [3.63, 3.8) is 0 Å². The molecule has 2 fully saturated rings. The first-order valence-electron chi connectivity index (χ1n) is 10.5. The van der Waals surface area contributed by atoms with Crippen LogP contribution in [0.2, 0.25) is 0 Å². The van der Waals surface area contributed by atoms with Crippen LogP contribution in [0.4, 0.5) is 0 Å². The fourth-order valence-electron chi connectivity index (χ4n) is 4.53. The van der Waals surface area contributed by atoms with Gasteiger partial charge in [0.05, 0.1) is 24.9 Å². The third-order valence-corrected chi connectivity index (χ3v) is 9.05. The molecule has 0 aromatic carbocycles. The third kappa shape index (κ3) is 4.28. The Labute approximate surface area is 185 Å². The summed E-state index contributed by atoms with van der Waals surface area (Å²) in [5.74, 6) is 0.302. The number of sulfonamides is 1. The molecule has 2 aliphatic rings. The Bertz CT molecular complexity index is 1140. The number of carbonyl (C=O) groups excluding carboxylic acids is 1. The topological polar surface area (TPSA) is 102 Å². The van der Waals surface area contributed by atoms with Crippen LogP contribution in [0.5, 0.6) is 0 Å². The Morgan fingerprint density at radius 3 is 2.52 bits per heavy atom. The van der Waals surface area contributed by atoms with Crippen LogP contribution in [0, 0.1) is 18.8 Å². The second-order valence-electron chi connectivity index (χ2n) is 8.61. The normalized spacial score (nSPS) is 23.4. The molecule has 2 aromatic heterocycles. The number of carbonyl (C=O) groups is 1. The van der Waals surface area contributed by atoms with E-state index < -0.39 is 15.6 Å². The largest absolute Gasteiger partial charge is 0.378 e. The zero-order valence-electron chi connectivity index (χ0n) is 18.0. The van der Waals surface area contributed by atoms with Gasteiger partial charge in [-0.25, -0.2) is 13.4 Å². The van der Waals surface area contributed by atoms with Gasteiger partial charge in [-0.15, -0.1) is 11.3 Å². The van der Waals surface area contributed by atoms with Gasteiger partial charge in [-0.2, -0.15) is 4.31 Å². The molecular weight excluding hydrogens is 440 g/mol. The minimum Gasteiger partial charge on any atom is -0.378 e. The first kappa shape index (κ1) is 22.4. The summed E-state index contributed by atoms with van der Waals surface area (Å²) in [7, 11) is -3.85. The van der Waals surface area contributed by atoms with Crippen molar-refractivity contribution in [2.45, 2.75) is 38.6 Å². The molecule has 0 radical (unpaired) electrons. The van der Waals surface area contributed by atoms with Crippen LogP contribution in [0.3, 0.4) is 0 Å². The first-order valence-corrected chi connectivity index (χ1v) is 12.8. The van der Waals surface area contributed by atoms with Crippen molar-refractivity contribution in [1.29, 1.82) is 0 Å². The molecule has 0 N–H and O–H groups in total. The number of rotatable bonds is 4. The molecule has 2 aromatic rings. The number of fused-ring (bicyclic) bond motifs is 1. The van der Waals surface area contributed by atoms with Gasteiger partial charge < -0.3 is 9.64 Å². The molecule has 0 saturated carbocycles. The molecule has 0 unspecified atom stereocenters. The molecule has 4 rings (SSSR count). The van der Waals surface area contributed by atoms with Gasteiger partial charge in [0.15, 0.2) is 0 Å². The van der Waals surface area contributed by atoms with E-state index in [4.69, 9.17) is 4.74 Å². The number of aryl methyl sites for hydroxylation is 1. The highest BCUT2D eigenvalue weighted by Gasteiger charge is 2.36. The SMILES string of the molecule is Cc1sc2ncn(CC(=O)N3CCOCC3)c(=O)c2c1S(=O)(=O)N1C[C@H](C)C[C@H](C)C1. The fraction of sp³-hybridized carbons (Fsp3) is 0.650. The molecular formula is C20H28N4O5S2. The van der Waals surface area contributed by atoms with Crippen molar-refractivity contribution in [2.75, 3.05) is 39.4 Å². The Morgan fingerprint density at radius 2 is 1.87 bits per heavy atom. The summed E-state index contributed by atoms with van der Waals surface area (Å²) in [6.45, 7) is 8.39. The molecule has 2 saturated heterocycles. The maximum atomic E-state index is 13.6. The lowest BCUT2D eigenvalue weighted by molar-refractivity contribution is -0.135. The van der Waals surface area contributed by atoms with E-state index in [1.807, 2.05) is 13.8 Å². The van der Waals surface area contributed by atoms with Gasteiger partial charge >= 0.3 is 0 Å². The molecule has 2 atom stereocenters. The van der Waals surface area contributed by atoms with Crippen LogP contribution < -0.4 is 5.56 Å². The van der Waals surface area contributed by atoms with Gasteiger partial charge in [0, 0.05) is 31.1 Å². The highest BCUT2D eigenvalue weighted by Crippen LogP contribution is 2.35. The second-order valence-corrected chi connectivity index (χ2v) is 11.7. The predicted octanol–water partition coefficient (Wildman–Crippen LogP) is 1.29. The smallest absolute Gasteiger partial charge is 0.263 e. The number of morpholine rings is 1.